The summed E-state index contributed by atoms with van der Waals surface area (Å²) in [5.41, 5.74) is 5.20. The number of nitrogens with zero attached hydrogens (tertiary/aromatic N) is 1. The van der Waals surface area contributed by atoms with Gasteiger partial charge in [0.15, 0.2) is 0 Å². The number of carbonyl (C=O) groups is 2. The number of nitrogens with two attached hydrogens (primary N) is 1. The third-order valence-electron chi connectivity index (χ3n) is 2.39. The van der Waals surface area contributed by atoms with E-state index < -0.39 is 0 Å². The van der Waals surface area contributed by atoms with Crippen molar-refractivity contribution in [3.63, 3.8) is 0 Å². The Labute approximate surface area is 95.1 Å². The molecule has 0 spiro atoms. The summed E-state index contributed by atoms with van der Waals surface area (Å²) >= 11 is 0. The summed E-state index contributed by atoms with van der Waals surface area (Å²) in [6.45, 7) is 2.37. The lowest BCUT2D eigenvalue weighted by Crippen LogP contribution is -2.40. The number of likely N-dealkylation sites (tertiary alicyclic amines) is 1. The van der Waals surface area contributed by atoms with Crippen LogP contribution in [-0.2, 0) is 14.3 Å². The fourth-order valence-corrected chi connectivity index (χ4v) is 1.55. The van der Waals surface area contributed by atoms with Crippen LogP contribution in [0.1, 0.15) is 12.8 Å². The van der Waals surface area contributed by atoms with Crippen LogP contribution in [0.15, 0.2) is 0 Å². The summed E-state index contributed by atoms with van der Waals surface area (Å²) in [6.07, 6.45) is 2.11. The molecule has 0 aromatic heterocycles. The zero-order valence-electron chi connectivity index (χ0n) is 9.41. The Kier molecular flexibility index (Phi) is 5.81. The Hall–Kier alpha value is -1.14. The zero-order valence-corrected chi connectivity index (χ0v) is 9.41. The van der Waals surface area contributed by atoms with E-state index in [0.717, 1.165) is 25.9 Å². The van der Waals surface area contributed by atoms with Crippen molar-refractivity contribution in [2.75, 3.05) is 39.4 Å². The van der Waals surface area contributed by atoms with E-state index in [1.165, 1.54) is 0 Å². The molecular weight excluding hydrogens is 210 g/mol. The Morgan fingerprint density at radius 2 is 2.00 bits per heavy atom. The molecule has 92 valence electrons. The maximum atomic E-state index is 11.5. The van der Waals surface area contributed by atoms with E-state index in [1.54, 1.807) is 4.90 Å². The molecule has 0 bridgehead atoms. The van der Waals surface area contributed by atoms with E-state index in [2.05, 4.69) is 5.32 Å². The lowest BCUT2D eigenvalue weighted by molar-refractivity contribution is -0.133. The maximum absolute atomic E-state index is 11.5. The van der Waals surface area contributed by atoms with Crippen LogP contribution in [0.5, 0.6) is 0 Å². The standard InChI is InChI=1S/C10H19N3O3/c11-3-6-16-8-9(14)12-7-10(15)13-4-1-2-5-13/h1-8,11H2,(H,12,14). The summed E-state index contributed by atoms with van der Waals surface area (Å²) < 4.78 is 4.94. The molecular formula is C10H19N3O3. The maximum Gasteiger partial charge on any atom is 0.246 e. The number of rotatable bonds is 6. The molecule has 0 aliphatic carbocycles. The van der Waals surface area contributed by atoms with Gasteiger partial charge in [0.2, 0.25) is 11.8 Å². The van der Waals surface area contributed by atoms with Gasteiger partial charge in [0.05, 0.1) is 13.2 Å². The molecule has 1 heterocycles. The van der Waals surface area contributed by atoms with Crippen LogP contribution in [0, 0.1) is 0 Å². The van der Waals surface area contributed by atoms with Gasteiger partial charge in [-0.05, 0) is 12.8 Å². The molecule has 2 amide bonds. The highest BCUT2D eigenvalue weighted by atomic mass is 16.5. The van der Waals surface area contributed by atoms with Crippen molar-refractivity contribution in [3.05, 3.63) is 0 Å². The van der Waals surface area contributed by atoms with Gasteiger partial charge in [0.1, 0.15) is 6.61 Å². The fraction of sp³-hybridized carbons (Fsp3) is 0.800. The molecule has 0 unspecified atom stereocenters. The van der Waals surface area contributed by atoms with E-state index in [9.17, 15) is 9.59 Å². The Balaban J connectivity index is 2.08. The summed E-state index contributed by atoms with van der Waals surface area (Å²) in [7, 11) is 0. The second-order valence-corrected chi connectivity index (χ2v) is 3.71. The molecule has 1 rings (SSSR count). The molecule has 0 aromatic carbocycles. The van der Waals surface area contributed by atoms with E-state index >= 15 is 0 Å². The van der Waals surface area contributed by atoms with Crippen molar-refractivity contribution in [3.8, 4) is 0 Å². The second kappa shape index (κ2) is 7.19. The normalized spacial score (nSPS) is 15.2. The fourth-order valence-electron chi connectivity index (χ4n) is 1.55. The lowest BCUT2D eigenvalue weighted by atomic mass is 10.4. The van der Waals surface area contributed by atoms with Gasteiger partial charge in [-0.1, -0.05) is 0 Å². The van der Waals surface area contributed by atoms with Gasteiger partial charge in [0.25, 0.3) is 0 Å². The first-order valence-corrected chi connectivity index (χ1v) is 5.56. The average molecular weight is 229 g/mol. The van der Waals surface area contributed by atoms with Crippen LogP contribution in [0.2, 0.25) is 0 Å². The monoisotopic (exact) mass is 229 g/mol. The molecule has 0 radical (unpaired) electrons. The summed E-state index contributed by atoms with van der Waals surface area (Å²) in [6, 6.07) is 0. The van der Waals surface area contributed by atoms with E-state index in [-0.39, 0.29) is 25.0 Å². The number of ether oxygens (including phenoxy) is 1. The number of nitrogens with one attached hydrogen (secondary N) is 1. The Morgan fingerprint density at radius 3 is 2.62 bits per heavy atom. The zero-order chi connectivity index (χ0) is 11.8. The van der Waals surface area contributed by atoms with Gasteiger partial charge in [-0.25, -0.2) is 0 Å². The Bertz CT molecular complexity index is 239. The van der Waals surface area contributed by atoms with Crippen LogP contribution in [-0.4, -0.2) is 56.1 Å². The van der Waals surface area contributed by atoms with Gasteiger partial charge in [-0.2, -0.15) is 0 Å². The van der Waals surface area contributed by atoms with Gasteiger partial charge < -0.3 is 20.7 Å². The van der Waals surface area contributed by atoms with Crippen LogP contribution in [0.25, 0.3) is 0 Å². The van der Waals surface area contributed by atoms with Gasteiger partial charge >= 0.3 is 0 Å². The van der Waals surface area contributed by atoms with Crippen LogP contribution in [0.4, 0.5) is 0 Å². The van der Waals surface area contributed by atoms with E-state index in [0.29, 0.717) is 13.2 Å². The van der Waals surface area contributed by atoms with E-state index in [1.807, 2.05) is 0 Å². The smallest absolute Gasteiger partial charge is 0.246 e. The predicted octanol–water partition coefficient (Wildman–Crippen LogP) is -1.30. The summed E-state index contributed by atoms with van der Waals surface area (Å²) in [5.74, 6) is -0.300. The van der Waals surface area contributed by atoms with Crippen LogP contribution >= 0.6 is 0 Å². The van der Waals surface area contributed by atoms with Crippen LogP contribution < -0.4 is 11.1 Å². The first-order chi connectivity index (χ1) is 7.74. The molecule has 1 aliphatic heterocycles. The largest absolute Gasteiger partial charge is 0.370 e. The lowest BCUT2D eigenvalue weighted by Gasteiger charge is -2.15. The average Bonchev–Trinajstić information content (AvgIpc) is 2.79. The van der Waals surface area contributed by atoms with E-state index in [4.69, 9.17) is 10.5 Å². The molecule has 0 aromatic rings. The molecule has 1 aliphatic rings. The molecule has 0 atom stereocenters. The summed E-state index contributed by atoms with van der Waals surface area (Å²) in [5, 5.41) is 2.52. The second-order valence-electron chi connectivity index (χ2n) is 3.71. The minimum atomic E-state index is -0.277. The van der Waals surface area contributed by atoms with Gasteiger partial charge in [-0.15, -0.1) is 0 Å². The molecule has 16 heavy (non-hydrogen) atoms. The van der Waals surface area contributed by atoms with Gasteiger partial charge in [-0.3, -0.25) is 9.59 Å². The SMILES string of the molecule is NCCOCC(=O)NCC(=O)N1CCCC1. The highest BCUT2D eigenvalue weighted by Crippen LogP contribution is 2.06. The topological polar surface area (TPSA) is 84.7 Å². The highest BCUT2D eigenvalue weighted by Gasteiger charge is 2.17. The molecule has 1 saturated heterocycles. The number of amides is 2. The molecule has 3 N–H and O–H groups in total. The predicted molar refractivity (Wildman–Crippen MR) is 58.7 cm³/mol. The van der Waals surface area contributed by atoms with Crippen molar-refractivity contribution < 1.29 is 14.3 Å². The molecule has 0 saturated carbocycles. The quantitative estimate of drug-likeness (QED) is 0.554. The van der Waals surface area contributed by atoms with Crippen LogP contribution in [0.3, 0.4) is 0 Å². The minimum absolute atomic E-state index is 0.0234. The van der Waals surface area contributed by atoms with Crippen molar-refractivity contribution in [2.24, 2.45) is 5.73 Å². The van der Waals surface area contributed by atoms with Crippen molar-refractivity contribution in [1.29, 1.82) is 0 Å². The summed E-state index contributed by atoms with van der Waals surface area (Å²) in [4.78, 5) is 24.5. The minimum Gasteiger partial charge on any atom is -0.370 e. The number of carbonyl (C=O) groups excluding carboxylic acids is 2. The van der Waals surface area contributed by atoms with Crippen molar-refractivity contribution in [1.82, 2.24) is 10.2 Å². The molecule has 1 fully saturated rings. The molecule has 6 heteroatoms. The number of hydrogen-bond acceptors (Lipinski definition) is 4. The van der Waals surface area contributed by atoms with Gasteiger partial charge in [0, 0.05) is 19.6 Å². The third kappa shape index (κ3) is 4.59. The van der Waals surface area contributed by atoms with Crippen molar-refractivity contribution >= 4 is 11.8 Å². The van der Waals surface area contributed by atoms with Crippen molar-refractivity contribution in [2.45, 2.75) is 12.8 Å². The number of hydrogen-bond donors (Lipinski definition) is 2. The Morgan fingerprint density at radius 1 is 1.31 bits per heavy atom. The third-order valence-corrected chi connectivity index (χ3v) is 2.39. The molecule has 6 nitrogen and oxygen atoms in total. The first-order valence-electron chi connectivity index (χ1n) is 5.56. The first kappa shape index (κ1) is 12.9. The highest BCUT2D eigenvalue weighted by molar-refractivity contribution is 5.85.